The van der Waals surface area contributed by atoms with Gasteiger partial charge in [0.1, 0.15) is 17.0 Å². The van der Waals surface area contributed by atoms with Gasteiger partial charge in [0.25, 0.3) is 11.6 Å². The number of esters is 1. The first-order valence-electron chi connectivity index (χ1n) is 7.52. The van der Waals surface area contributed by atoms with Crippen LogP contribution in [0.25, 0.3) is 0 Å². The van der Waals surface area contributed by atoms with Crippen LogP contribution in [0.3, 0.4) is 0 Å². The van der Waals surface area contributed by atoms with Crippen LogP contribution in [0.1, 0.15) is 27.2 Å². The Kier molecular flexibility index (Phi) is 5.51. The number of nitrogens with zero attached hydrogens (tertiary/aromatic N) is 1. The number of nitrogens with one attached hydrogen (secondary N) is 1. The average Bonchev–Trinajstić information content (AvgIpc) is 2.53. The molecule has 0 aliphatic carbocycles. The third kappa shape index (κ3) is 4.32. The minimum absolute atomic E-state index is 0.000261. The molecule has 1 aromatic heterocycles. The standard InChI is InChI=1S/C17H16N2O7/c1-9-4-5-12(13(6-9)19(23)24)18-14(20)8-25-17(22)16-10(2)7-15(21)26-11(16)3/h4-7H,8H2,1-3H3,(H,18,20). The monoisotopic (exact) mass is 360 g/mol. The second-order valence-electron chi connectivity index (χ2n) is 5.58. The fourth-order valence-corrected chi connectivity index (χ4v) is 2.35. The first kappa shape index (κ1) is 18.8. The van der Waals surface area contributed by atoms with Gasteiger partial charge in [0.15, 0.2) is 6.61 Å². The summed E-state index contributed by atoms with van der Waals surface area (Å²) in [4.78, 5) is 45.7. The smallest absolute Gasteiger partial charge is 0.342 e. The molecule has 1 aromatic carbocycles. The fraction of sp³-hybridized carbons (Fsp3) is 0.235. The van der Waals surface area contributed by atoms with E-state index in [1.54, 1.807) is 13.0 Å². The molecule has 0 saturated carbocycles. The molecule has 0 saturated heterocycles. The van der Waals surface area contributed by atoms with Gasteiger partial charge in [0.05, 0.1) is 4.92 Å². The molecule has 0 fully saturated rings. The van der Waals surface area contributed by atoms with Crippen molar-refractivity contribution in [3.63, 3.8) is 0 Å². The van der Waals surface area contributed by atoms with Gasteiger partial charge < -0.3 is 14.5 Å². The quantitative estimate of drug-likeness (QED) is 0.492. The summed E-state index contributed by atoms with van der Waals surface area (Å²) in [5, 5.41) is 13.4. The Morgan fingerprint density at radius 3 is 2.54 bits per heavy atom. The molecule has 0 atom stereocenters. The molecule has 9 nitrogen and oxygen atoms in total. The van der Waals surface area contributed by atoms with E-state index in [1.807, 2.05) is 0 Å². The van der Waals surface area contributed by atoms with E-state index in [-0.39, 0.29) is 22.7 Å². The van der Waals surface area contributed by atoms with Gasteiger partial charge in [-0.3, -0.25) is 14.9 Å². The van der Waals surface area contributed by atoms with E-state index in [0.29, 0.717) is 11.1 Å². The van der Waals surface area contributed by atoms with Gasteiger partial charge in [0.2, 0.25) is 0 Å². The maximum Gasteiger partial charge on any atom is 0.342 e. The number of hydrogen-bond donors (Lipinski definition) is 1. The molecule has 136 valence electrons. The van der Waals surface area contributed by atoms with Gasteiger partial charge in [-0.2, -0.15) is 0 Å². The number of aryl methyl sites for hydroxylation is 3. The first-order chi connectivity index (χ1) is 12.2. The van der Waals surface area contributed by atoms with Gasteiger partial charge in [-0.25, -0.2) is 9.59 Å². The van der Waals surface area contributed by atoms with Crippen molar-refractivity contribution < 1.29 is 23.7 Å². The lowest BCUT2D eigenvalue weighted by atomic mass is 10.1. The molecule has 0 aliphatic rings. The van der Waals surface area contributed by atoms with E-state index in [9.17, 15) is 24.5 Å². The van der Waals surface area contributed by atoms with Crippen molar-refractivity contribution >= 4 is 23.3 Å². The van der Waals surface area contributed by atoms with E-state index in [4.69, 9.17) is 9.15 Å². The summed E-state index contributed by atoms with van der Waals surface area (Å²) in [6, 6.07) is 5.46. The van der Waals surface area contributed by atoms with Crippen LogP contribution in [0, 0.1) is 30.9 Å². The van der Waals surface area contributed by atoms with E-state index >= 15 is 0 Å². The summed E-state index contributed by atoms with van der Waals surface area (Å²) in [6.07, 6.45) is 0. The third-order valence-corrected chi connectivity index (χ3v) is 3.50. The lowest BCUT2D eigenvalue weighted by Gasteiger charge is -2.09. The molecule has 9 heteroatoms. The normalized spacial score (nSPS) is 10.3. The number of nitro benzene ring substituents is 1. The Morgan fingerprint density at radius 2 is 1.92 bits per heavy atom. The van der Waals surface area contributed by atoms with Crippen molar-refractivity contribution in [2.75, 3.05) is 11.9 Å². The molecular formula is C17H16N2O7. The SMILES string of the molecule is Cc1ccc(NC(=O)COC(=O)c2c(C)cc(=O)oc2C)c([N+](=O)[O-])c1. The maximum absolute atomic E-state index is 12.1. The maximum atomic E-state index is 12.1. The average molecular weight is 360 g/mol. The molecule has 1 N–H and O–H groups in total. The van der Waals surface area contributed by atoms with Crippen LogP contribution in [-0.2, 0) is 9.53 Å². The summed E-state index contributed by atoms with van der Waals surface area (Å²) in [7, 11) is 0. The first-order valence-corrected chi connectivity index (χ1v) is 7.52. The van der Waals surface area contributed by atoms with Crippen LogP contribution in [0.15, 0.2) is 33.5 Å². The van der Waals surface area contributed by atoms with E-state index in [2.05, 4.69) is 5.32 Å². The van der Waals surface area contributed by atoms with E-state index in [0.717, 1.165) is 6.07 Å². The number of carbonyl (C=O) groups is 2. The molecule has 2 aromatic rings. The molecule has 1 heterocycles. The molecule has 1 amide bonds. The highest BCUT2D eigenvalue weighted by Gasteiger charge is 2.20. The molecule has 0 bridgehead atoms. The van der Waals surface area contributed by atoms with Crippen LogP contribution in [0.4, 0.5) is 11.4 Å². The number of nitro groups is 1. The predicted octanol–water partition coefficient (Wildman–Crippen LogP) is 2.27. The molecule has 0 aliphatic heterocycles. The van der Waals surface area contributed by atoms with Gasteiger partial charge in [-0.15, -0.1) is 0 Å². The predicted molar refractivity (Wildman–Crippen MR) is 91.2 cm³/mol. The van der Waals surface area contributed by atoms with Crippen LogP contribution in [0.5, 0.6) is 0 Å². The zero-order valence-corrected chi connectivity index (χ0v) is 14.3. The minimum Gasteiger partial charge on any atom is -0.452 e. The Hall–Kier alpha value is -3.49. The minimum atomic E-state index is -0.836. The fourth-order valence-electron chi connectivity index (χ4n) is 2.35. The zero-order chi connectivity index (χ0) is 19.4. The number of amides is 1. The number of rotatable bonds is 5. The summed E-state index contributed by atoms with van der Waals surface area (Å²) < 4.78 is 9.74. The number of hydrogen-bond acceptors (Lipinski definition) is 7. The van der Waals surface area contributed by atoms with E-state index in [1.165, 1.54) is 26.0 Å². The lowest BCUT2D eigenvalue weighted by molar-refractivity contribution is -0.384. The van der Waals surface area contributed by atoms with Gasteiger partial charge in [-0.05, 0) is 38.0 Å². The Balaban J connectivity index is 2.07. The highest BCUT2D eigenvalue weighted by molar-refractivity contribution is 5.97. The van der Waals surface area contributed by atoms with Gasteiger partial charge in [0, 0.05) is 12.1 Å². The summed E-state index contributed by atoms with van der Waals surface area (Å²) in [5.41, 5.74) is 0.219. The number of ether oxygens (including phenoxy) is 1. The molecule has 0 radical (unpaired) electrons. The largest absolute Gasteiger partial charge is 0.452 e. The second-order valence-corrected chi connectivity index (χ2v) is 5.58. The van der Waals surface area contributed by atoms with Gasteiger partial charge in [-0.1, -0.05) is 6.07 Å². The third-order valence-electron chi connectivity index (χ3n) is 3.50. The molecular weight excluding hydrogens is 344 g/mol. The van der Waals surface area contributed by atoms with Crippen molar-refractivity contribution in [1.29, 1.82) is 0 Å². The van der Waals surface area contributed by atoms with Crippen LogP contribution < -0.4 is 10.9 Å². The summed E-state index contributed by atoms with van der Waals surface area (Å²) in [6.45, 7) is 4.00. The highest BCUT2D eigenvalue weighted by Crippen LogP contribution is 2.25. The summed E-state index contributed by atoms with van der Waals surface area (Å²) in [5.74, 6) is -1.50. The van der Waals surface area contributed by atoms with E-state index < -0.39 is 29.0 Å². The number of carbonyl (C=O) groups excluding carboxylic acids is 2. The van der Waals surface area contributed by atoms with Crippen LogP contribution in [-0.4, -0.2) is 23.4 Å². The van der Waals surface area contributed by atoms with Crippen molar-refractivity contribution in [3.8, 4) is 0 Å². The number of benzene rings is 1. The molecule has 26 heavy (non-hydrogen) atoms. The zero-order valence-electron chi connectivity index (χ0n) is 14.3. The topological polar surface area (TPSA) is 129 Å². The van der Waals surface area contributed by atoms with Gasteiger partial charge >= 0.3 is 11.6 Å². The highest BCUT2D eigenvalue weighted by atomic mass is 16.6. The Labute approximate surface area is 147 Å². The Morgan fingerprint density at radius 1 is 1.23 bits per heavy atom. The second kappa shape index (κ2) is 7.60. The molecule has 0 unspecified atom stereocenters. The Bertz CT molecular complexity index is 920. The van der Waals surface area contributed by atoms with Crippen LogP contribution >= 0.6 is 0 Å². The van der Waals surface area contributed by atoms with Crippen molar-refractivity contribution in [2.24, 2.45) is 0 Å². The number of anilines is 1. The summed E-state index contributed by atoms with van der Waals surface area (Å²) >= 11 is 0. The van der Waals surface area contributed by atoms with Crippen molar-refractivity contribution in [2.45, 2.75) is 20.8 Å². The van der Waals surface area contributed by atoms with Crippen molar-refractivity contribution in [3.05, 3.63) is 67.3 Å². The van der Waals surface area contributed by atoms with Crippen LogP contribution in [0.2, 0.25) is 0 Å². The van der Waals surface area contributed by atoms with Crippen molar-refractivity contribution in [1.82, 2.24) is 0 Å². The molecule has 0 spiro atoms. The lowest BCUT2D eigenvalue weighted by Crippen LogP contribution is -2.22. The molecule has 2 rings (SSSR count).